The van der Waals surface area contributed by atoms with Gasteiger partial charge in [0.1, 0.15) is 5.75 Å². The van der Waals surface area contributed by atoms with Crippen LogP contribution in [-0.4, -0.2) is 79.5 Å². The molecule has 9 nitrogen and oxygen atoms in total. The lowest BCUT2D eigenvalue weighted by Crippen LogP contribution is -2.42. The Kier molecular flexibility index (Phi) is 8.71. The van der Waals surface area contributed by atoms with E-state index < -0.39 is 12.0 Å². The summed E-state index contributed by atoms with van der Waals surface area (Å²) >= 11 is 1.46. The maximum absolute atomic E-state index is 13.2. The number of carbonyl (C=O) groups excluding carboxylic acids is 2. The number of morpholine rings is 1. The fourth-order valence-corrected chi connectivity index (χ4v) is 5.38. The van der Waals surface area contributed by atoms with E-state index in [1.54, 1.807) is 7.11 Å². The molecule has 1 fully saturated rings. The highest BCUT2D eigenvalue weighted by Crippen LogP contribution is 2.45. The number of aliphatic imine (C=N–C) groups is 1. The van der Waals surface area contributed by atoms with Crippen LogP contribution in [-0.2, 0) is 19.1 Å². The molecule has 36 heavy (non-hydrogen) atoms. The van der Waals surface area contributed by atoms with Gasteiger partial charge in [0.25, 0.3) is 0 Å². The number of nitrogens with zero attached hydrogens (tertiary/aromatic N) is 3. The van der Waals surface area contributed by atoms with Crippen molar-refractivity contribution in [2.45, 2.75) is 39.3 Å². The number of esters is 1. The molecule has 4 rings (SSSR count). The summed E-state index contributed by atoms with van der Waals surface area (Å²) in [6.07, 6.45) is -0.0761. The quantitative estimate of drug-likeness (QED) is 0.503. The van der Waals surface area contributed by atoms with Gasteiger partial charge in [0.15, 0.2) is 5.17 Å². The van der Waals surface area contributed by atoms with Crippen LogP contribution in [0.5, 0.6) is 5.75 Å². The minimum absolute atomic E-state index is 0.0672. The van der Waals surface area contributed by atoms with Crippen molar-refractivity contribution < 1.29 is 23.8 Å². The second kappa shape index (κ2) is 11.9. The molecule has 0 saturated carbocycles. The predicted molar refractivity (Wildman–Crippen MR) is 139 cm³/mol. The van der Waals surface area contributed by atoms with Crippen molar-refractivity contribution in [2.24, 2.45) is 4.99 Å². The molecular formula is C26H34N4O5S. The lowest BCUT2D eigenvalue weighted by Gasteiger charge is -2.36. The number of amidine groups is 1. The summed E-state index contributed by atoms with van der Waals surface area (Å²) in [5.41, 5.74) is 2.77. The molecule has 3 aliphatic heterocycles. The number of benzene rings is 1. The van der Waals surface area contributed by atoms with E-state index in [0.29, 0.717) is 17.8 Å². The molecule has 0 spiro atoms. The molecule has 1 aromatic carbocycles. The molecule has 0 radical (unpaired) electrons. The second-order valence-corrected chi connectivity index (χ2v) is 9.94. The first-order chi connectivity index (χ1) is 17.4. The highest BCUT2D eigenvalue weighted by Gasteiger charge is 2.41. The summed E-state index contributed by atoms with van der Waals surface area (Å²) in [5, 5.41) is 5.72. The fraction of sp³-hybridized carbons (Fsp3) is 0.500. The number of carbonyl (C=O) groups is 2. The molecule has 0 bridgehead atoms. The van der Waals surface area contributed by atoms with Gasteiger partial charge < -0.3 is 24.4 Å². The average Bonchev–Trinajstić information content (AvgIpc) is 3.25. The Morgan fingerprint density at radius 1 is 1.22 bits per heavy atom. The van der Waals surface area contributed by atoms with E-state index in [1.165, 1.54) is 11.8 Å². The number of allylic oxidation sites excluding steroid dienone is 1. The topological polar surface area (TPSA) is 92.7 Å². The average molecular weight is 515 g/mol. The van der Waals surface area contributed by atoms with E-state index in [0.717, 1.165) is 55.0 Å². The minimum Gasteiger partial charge on any atom is -0.497 e. The number of fused-ring (bicyclic) bond motifs is 1. The molecule has 1 aromatic rings. The summed E-state index contributed by atoms with van der Waals surface area (Å²) in [7, 11) is 1.62. The molecule has 3 aliphatic rings. The molecule has 3 heterocycles. The number of nitrogens with one attached hydrogen (secondary N) is 1. The minimum atomic E-state index is -0.461. The lowest BCUT2D eigenvalue weighted by atomic mass is 9.93. The van der Waals surface area contributed by atoms with Crippen LogP contribution >= 0.6 is 11.8 Å². The number of hydrogen-bond acceptors (Lipinski definition) is 9. The Bertz CT molecular complexity index is 1060. The van der Waals surface area contributed by atoms with E-state index >= 15 is 0 Å². The van der Waals surface area contributed by atoms with E-state index in [4.69, 9.17) is 19.2 Å². The van der Waals surface area contributed by atoms with Crippen LogP contribution in [0.3, 0.4) is 0 Å². The van der Waals surface area contributed by atoms with Crippen molar-refractivity contribution in [3.8, 4) is 5.75 Å². The van der Waals surface area contributed by atoms with Gasteiger partial charge in [0.2, 0.25) is 5.91 Å². The molecule has 10 heteroatoms. The van der Waals surface area contributed by atoms with Gasteiger partial charge >= 0.3 is 5.97 Å². The summed E-state index contributed by atoms with van der Waals surface area (Å²) < 4.78 is 16.3. The van der Waals surface area contributed by atoms with E-state index in [2.05, 4.69) is 10.2 Å². The molecule has 194 valence electrons. The fourth-order valence-electron chi connectivity index (χ4n) is 4.42. The van der Waals surface area contributed by atoms with Crippen LogP contribution in [0.15, 0.2) is 51.6 Å². The third-order valence-electron chi connectivity index (χ3n) is 6.19. The predicted octanol–water partition coefficient (Wildman–Crippen LogP) is 3.06. The number of rotatable bonds is 9. The zero-order valence-electron chi connectivity index (χ0n) is 21.3. The molecule has 1 amide bonds. The first-order valence-electron chi connectivity index (χ1n) is 12.2. The number of hydrogen-bond donors (Lipinski definition) is 1. The monoisotopic (exact) mass is 514 g/mol. The van der Waals surface area contributed by atoms with Crippen LogP contribution in [0, 0.1) is 0 Å². The van der Waals surface area contributed by atoms with Crippen LogP contribution in [0.1, 0.15) is 38.8 Å². The van der Waals surface area contributed by atoms with Gasteiger partial charge in [0, 0.05) is 31.9 Å². The van der Waals surface area contributed by atoms with Crippen LogP contribution in [0.2, 0.25) is 0 Å². The van der Waals surface area contributed by atoms with Gasteiger partial charge in [-0.2, -0.15) is 0 Å². The van der Waals surface area contributed by atoms with Gasteiger partial charge in [-0.25, -0.2) is 9.79 Å². The van der Waals surface area contributed by atoms with Crippen molar-refractivity contribution in [3.05, 3.63) is 52.2 Å². The van der Waals surface area contributed by atoms with E-state index in [-0.39, 0.29) is 18.4 Å². The van der Waals surface area contributed by atoms with Crippen molar-refractivity contribution in [1.29, 1.82) is 0 Å². The highest BCUT2D eigenvalue weighted by atomic mass is 32.2. The van der Waals surface area contributed by atoms with Crippen LogP contribution in [0.25, 0.3) is 0 Å². The molecule has 0 aromatic heterocycles. The standard InChI is InChI=1S/C26H34N4O5S/c1-17(2)35-25(32)23-18(3)28-26-30(24(23)19-5-7-21(33-4)8-6-19)20(16-36-26)15-22(31)27-9-10-29-11-13-34-14-12-29/h5-8,16-17,24H,9-15H2,1-4H3,(H,27,31). The Balaban J connectivity index is 1.53. The first-order valence-corrected chi connectivity index (χ1v) is 13.1. The third-order valence-corrected chi connectivity index (χ3v) is 7.08. The SMILES string of the molecule is COc1ccc(C2C(C(=O)OC(C)C)=C(C)N=C3SC=C(CC(=O)NCCN4CCOCC4)N32)cc1. The lowest BCUT2D eigenvalue weighted by molar-refractivity contribution is -0.143. The Hall–Kier alpha value is -2.82. The molecule has 1 unspecified atom stereocenters. The van der Waals surface area contributed by atoms with Crippen molar-refractivity contribution >= 4 is 28.8 Å². The molecule has 1 N–H and O–H groups in total. The van der Waals surface area contributed by atoms with Crippen molar-refractivity contribution in [3.63, 3.8) is 0 Å². The summed E-state index contributed by atoms with van der Waals surface area (Å²) in [4.78, 5) is 35.1. The van der Waals surface area contributed by atoms with Gasteiger partial charge in [0.05, 0.1) is 50.2 Å². The van der Waals surface area contributed by atoms with Crippen LogP contribution in [0.4, 0.5) is 0 Å². The Labute approximate surface area is 216 Å². The van der Waals surface area contributed by atoms with Gasteiger partial charge in [-0.1, -0.05) is 23.9 Å². The maximum atomic E-state index is 13.2. The normalized spacial score (nSPS) is 20.1. The van der Waals surface area contributed by atoms with Gasteiger partial charge in [-0.3, -0.25) is 9.69 Å². The number of thioether (sulfide) groups is 1. The maximum Gasteiger partial charge on any atom is 0.338 e. The van der Waals surface area contributed by atoms with Crippen molar-refractivity contribution in [1.82, 2.24) is 15.1 Å². The number of methoxy groups -OCH3 is 1. The molecule has 0 aliphatic carbocycles. The molecule has 1 atom stereocenters. The number of amides is 1. The molecule has 1 saturated heterocycles. The van der Waals surface area contributed by atoms with E-state index in [1.807, 2.05) is 55.3 Å². The molecular weight excluding hydrogens is 480 g/mol. The van der Waals surface area contributed by atoms with Gasteiger partial charge in [-0.05, 0) is 43.9 Å². The zero-order valence-corrected chi connectivity index (χ0v) is 22.1. The highest BCUT2D eigenvalue weighted by molar-refractivity contribution is 8.16. The van der Waals surface area contributed by atoms with Gasteiger partial charge in [-0.15, -0.1) is 0 Å². The van der Waals surface area contributed by atoms with Crippen LogP contribution < -0.4 is 10.1 Å². The number of ether oxygens (including phenoxy) is 3. The van der Waals surface area contributed by atoms with E-state index in [9.17, 15) is 9.59 Å². The Morgan fingerprint density at radius 3 is 2.61 bits per heavy atom. The third kappa shape index (κ3) is 6.11. The Morgan fingerprint density at radius 2 is 1.94 bits per heavy atom. The first kappa shape index (κ1) is 26.2. The second-order valence-electron chi connectivity index (χ2n) is 9.10. The summed E-state index contributed by atoms with van der Waals surface area (Å²) in [6.45, 7) is 10.1. The summed E-state index contributed by atoms with van der Waals surface area (Å²) in [6, 6.07) is 7.15. The van der Waals surface area contributed by atoms with Crippen molar-refractivity contribution in [2.75, 3.05) is 46.5 Å². The smallest absolute Gasteiger partial charge is 0.338 e. The zero-order chi connectivity index (χ0) is 25.7. The largest absolute Gasteiger partial charge is 0.497 e. The summed E-state index contributed by atoms with van der Waals surface area (Å²) in [5.74, 6) is 0.251.